The fourth-order valence-corrected chi connectivity index (χ4v) is 3.58. The Morgan fingerprint density at radius 1 is 0.879 bits per heavy atom. The summed E-state index contributed by atoms with van der Waals surface area (Å²) < 4.78 is 15.8. The molecule has 166 valence electrons. The van der Waals surface area contributed by atoms with Gasteiger partial charge in [-0.1, -0.05) is 45.8 Å². The van der Waals surface area contributed by atoms with E-state index in [1.54, 1.807) is 36.4 Å². The maximum atomic E-state index is 13.8. The summed E-state index contributed by atoms with van der Waals surface area (Å²) in [5, 5.41) is 5.66. The van der Waals surface area contributed by atoms with E-state index in [9.17, 15) is 18.8 Å². The fraction of sp³-hybridized carbons (Fsp3) is 0.0417. The third kappa shape index (κ3) is 4.93. The summed E-state index contributed by atoms with van der Waals surface area (Å²) in [4.78, 5) is 38.0. The van der Waals surface area contributed by atoms with Crippen LogP contribution in [0.25, 0.3) is 10.9 Å². The second-order valence-electron chi connectivity index (χ2n) is 7.26. The van der Waals surface area contributed by atoms with Gasteiger partial charge in [0, 0.05) is 15.5 Å². The number of hydrogen-bond acceptors (Lipinski definition) is 3. The molecule has 0 atom stereocenters. The van der Waals surface area contributed by atoms with Gasteiger partial charge < -0.3 is 10.6 Å². The van der Waals surface area contributed by atoms with Crippen LogP contribution in [0.1, 0.15) is 16.1 Å². The Morgan fingerprint density at radius 3 is 2.33 bits per heavy atom. The van der Waals surface area contributed by atoms with Crippen LogP contribution in [0.5, 0.6) is 0 Å². The number of amides is 3. The highest BCUT2D eigenvalue weighted by Crippen LogP contribution is 2.24. The van der Waals surface area contributed by atoms with Gasteiger partial charge in [0.25, 0.3) is 5.91 Å². The molecular formula is C24H18BrFN4O3. The van der Waals surface area contributed by atoms with Crippen LogP contribution in [0.15, 0.2) is 77.3 Å². The van der Waals surface area contributed by atoms with Crippen LogP contribution in [0.2, 0.25) is 0 Å². The summed E-state index contributed by atoms with van der Waals surface area (Å²) in [6.45, 7) is 1.93. The number of carbonyl (C=O) groups excluding carboxylic acids is 3. The fourth-order valence-electron chi connectivity index (χ4n) is 3.20. The molecule has 0 aliphatic heterocycles. The third-order valence-electron chi connectivity index (χ3n) is 4.85. The lowest BCUT2D eigenvalue weighted by atomic mass is 10.2. The average molecular weight is 509 g/mol. The van der Waals surface area contributed by atoms with Gasteiger partial charge >= 0.3 is 11.8 Å². The first-order valence-electron chi connectivity index (χ1n) is 9.88. The zero-order chi connectivity index (χ0) is 23.5. The van der Waals surface area contributed by atoms with Crippen LogP contribution in [0.4, 0.5) is 15.8 Å². The second kappa shape index (κ2) is 9.25. The number of anilines is 2. The van der Waals surface area contributed by atoms with Gasteiger partial charge in [-0.15, -0.1) is 0 Å². The van der Waals surface area contributed by atoms with E-state index < -0.39 is 23.5 Å². The molecule has 0 unspecified atom stereocenters. The molecule has 0 saturated carbocycles. The van der Waals surface area contributed by atoms with E-state index in [1.807, 2.05) is 19.1 Å². The largest absolute Gasteiger partial charge is 0.328 e. The van der Waals surface area contributed by atoms with Crippen molar-refractivity contribution >= 4 is 55.9 Å². The minimum Gasteiger partial charge on any atom is -0.321 e. The predicted octanol–water partition coefficient (Wildman–Crippen LogP) is 4.81. The average Bonchev–Trinajstić information content (AvgIpc) is 3.14. The minimum absolute atomic E-state index is 0.107. The van der Waals surface area contributed by atoms with Crippen LogP contribution in [0, 0.1) is 12.7 Å². The molecule has 3 amide bonds. The van der Waals surface area contributed by atoms with Gasteiger partial charge in [0.15, 0.2) is 0 Å². The monoisotopic (exact) mass is 508 g/mol. The van der Waals surface area contributed by atoms with Crippen LogP contribution < -0.4 is 16.1 Å². The highest BCUT2D eigenvalue weighted by molar-refractivity contribution is 9.10. The smallest absolute Gasteiger partial charge is 0.321 e. The van der Waals surface area contributed by atoms with Gasteiger partial charge in [-0.05, 0) is 55.5 Å². The number of nitrogens with one attached hydrogen (secondary N) is 3. The van der Waals surface area contributed by atoms with Gasteiger partial charge in [0.05, 0.1) is 11.2 Å². The molecule has 0 bridgehead atoms. The summed E-state index contributed by atoms with van der Waals surface area (Å²) in [7, 11) is 0. The highest BCUT2D eigenvalue weighted by atomic mass is 79.9. The molecule has 1 aromatic heterocycles. The molecule has 1 heterocycles. The number of benzene rings is 3. The number of aromatic nitrogens is 1. The van der Waals surface area contributed by atoms with E-state index in [1.165, 1.54) is 28.9 Å². The standard InChI is InChI=1S/C24H18BrFN4O3/c1-14-6-9-17(10-7-14)27-22(31)21-13-15-12-16(25)8-11-20(15)30(21)29-24(33)23(32)28-19-5-3-2-4-18(19)26/h2-13H,1H3,(H,27,31)(H,28,32)(H,29,33). The van der Waals surface area contributed by atoms with Crippen molar-refractivity contribution in [1.82, 2.24) is 4.68 Å². The van der Waals surface area contributed by atoms with Crippen LogP contribution in [-0.4, -0.2) is 22.4 Å². The number of nitrogens with zero attached hydrogens (tertiary/aromatic N) is 1. The molecule has 0 aliphatic carbocycles. The lowest BCUT2D eigenvalue weighted by molar-refractivity contribution is -0.133. The number of carbonyl (C=O) groups is 3. The van der Waals surface area contributed by atoms with Crippen molar-refractivity contribution in [2.24, 2.45) is 0 Å². The Kier molecular flexibility index (Phi) is 6.23. The molecule has 0 radical (unpaired) electrons. The summed E-state index contributed by atoms with van der Waals surface area (Å²) in [6.07, 6.45) is 0. The molecular weight excluding hydrogens is 491 g/mol. The van der Waals surface area contributed by atoms with Gasteiger partial charge in [0.1, 0.15) is 11.5 Å². The van der Waals surface area contributed by atoms with Gasteiger partial charge in [0.2, 0.25) is 0 Å². The Balaban J connectivity index is 1.63. The Bertz CT molecular complexity index is 1380. The highest BCUT2D eigenvalue weighted by Gasteiger charge is 2.21. The summed E-state index contributed by atoms with van der Waals surface area (Å²) >= 11 is 3.38. The summed E-state index contributed by atoms with van der Waals surface area (Å²) in [5.74, 6) is -3.30. The molecule has 0 spiro atoms. The lowest BCUT2D eigenvalue weighted by Crippen LogP contribution is -2.36. The van der Waals surface area contributed by atoms with E-state index in [0.717, 1.165) is 10.0 Å². The molecule has 3 aromatic carbocycles. The molecule has 0 saturated heterocycles. The number of halogens is 2. The lowest BCUT2D eigenvalue weighted by Gasteiger charge is -2.13. The summed E-state index contributed by atoms with van der Waals surface area (Å²) in [5.41, 5.74) is 4.53. The summed E-state index contributed by atoms with van der Waals surface area (Å²) in [6, 6.07) is 19.5. The van der Waals surface area contributed by atoms with Gasteiger partial charge in [-0.2, -0.15) is 0 Å². The number of para-hydroxylation sites is 1. The minimum atomic E-state index is -1.08. The van der Waals surface area contributed by atoms with Crippen molar-refractivity contribution in [1.29, 1.82) is 0 Å². The zero-order valence-electron chi connectivity index (χ0n) is 17.4. The van der Waals surface area contributed by atoms with Crippen LogP contribution in [0.3, 0.4) is 0 Å². The molecule has 33 heavy (non-hydrogen) atoms. The third-order valence-corrected chi connectivity index (χ3v) is 5.34. The maximum Gasteiger partial charge on any atom is 0.328 e. The van der Waals surface area contributed by atoms with Crippen molar-refractivity contribution in [3.05, 3.63) is 94.3 Å². The molecule has 3 N–H and O–H groups in total. The molecule has 9 heteroatoms. The van der Waals surface area contributed by atoms with Crippen molar-refractivity contribution in [3.63, 3.8) is 0 Å². The van der Waals surface area contributed by atoms with E-state index in [2.05, 4.69) is 32.0 Å². The van der Waals surface area contributed by atoms with Crippen molar-refractivity contribution in [2.75, 3.05) is 16.1 Å². The number of rotatable bonds is 4. The topological polar surface area (TPSA) is 92.2 Å². The van der Waals surface area contributed by atoms with E-state index in [0.29, 0.717) is 16.6 Å². The van der Waals surface area contributed by atoms with Crippen molar-refractivity contribution < 1.29 is 18.8 Å². The van der Waals surface area contributed by atoms with Crippen molar-refractivity contribution in [3.8, 4) is 0 Å². The molecule has 4 aromatic rings. The number of hydrogen-bond donors (Lipinski definition) is 3. The van der Waals surface area contributed by atoms with E-state index in [4.69, 9.17) is 0 Å². The second-order valence-corrected chi connectivity index (χ2v) is 8.18. The Labute approximate surface area is 196 Å². The Morgan fingerprint density at radius 2 is 1.61 bits per heavy atom. The van der Waals surface area contributed by atoms with Gasteiger partial charge in [-0.3, -0.25) is 19.8 Å². The van der Waals surface area contributed by atoms with E-state index in [-0.39, 0.29) is 11.4 Å². The van der Waals surface area contributed by atoms with Crippen LogP contribution >= 0.6 is 15.9 Å². The molecule has 0 fully saturated rings. The zero-order valence-corrected chi connectivity index (χ0v) is 18.9. The molecule has 7 nitrogen and oxygen atoms in total. The quantitative estimate of drug-likeness (QED) is 0.345. The van der Waals surface area contributed by atoms with E-state index >= 15 is 0 Å². The molecule has 0 aliphatic rings. The number of aryl methyl sites for hydroxylation is 1. The number of fused-ring (bicyclic) bond motifs is 1. The Hall–Kier alpha value is -3.98. The first kappa shape index (κ1) is 22.2. The van der Waals surface area contributed by atoms with Crippen LogP contribution in [-0.2, 0) is 9.59 Å². The predicted molar refractivity (Wildman–Crippen MR) is 128 cm³/mol. The first-order valence-corrected chi connectivity index (χ1v) is 10.7. The normalized spacial score (nSPS) is 10.6. The SMILES string of the molecule is Cc1ccc(NC(=O)c2cc3cc(Br)ccc3n2NC(=O)C(=O)Nc2ccccc2F)cc1. The maximum absolute atomic E-state index is 13.8. The molecule has 4 rings (SSSR count). The van der Waals surface area contributed by atoms with Gasteiger partial charge in [-0.25, -0.2) is 9.07 Å². The first-order chi connectivity index (χ1) is 15.8. The van der Waals surface area contributed by atoms with Crippen molar-refractivity contribution in [2.45, 2.75) is 6.92 Å².